The van der Waals surface area contributed by atoms with Gasteiger partial charge in [-0.3, -0.25) is 0 Å². The Morgan fingerprint density at radius 3 is 2.64 bits per heavy atom. The second-order valence-corrected chi connectivity index (χ2v) is 6.69. The van der Waals surface area contributed by atoms with Crippen LogP contribution in [0.2, 0.25) is 0 Å². The number of aromatic hydroxyl groups is 1. The lowest BCUT2D eigenvalue weighted by molar-refractivity contribution is -0.115. The van der Waals surface area contributed by atoms with Crippen molar-refractivity contribution in [2.75, 3.05) is 27.6 Å². The lowest BCUT2D eigenvalue weighted by Gasteiger charge is -2.28. The average molecular weight is 388 g/mol. The van der Waals surface area contributed by atoms with Gasteiger partial charge in [-0.2, -0.15) is 0 Å². The standard InChI is InChI=1S/C21H24O7/c1-25-11-16(21(24)14-4-6-18-20(9-14)28-12-27-18)15(10-22)7-13-3-5-17(23)19(8-13)26-2/h3-6,8-10,15-16,21,23-24H,7,11-12H2,1-2H3. The van der Waals surface area contributed by atoms with E-state index in [1.807, 2.05) is 0 Å². The SMILES string of the molecule is COCC(C(C=O)Cc1ccc(O)c(OC)c1)C(O)c1ccc2c(c1)OCO2. The van der Waals surface area contributed by atoms with Crippen LogP contribution in [0.1, 0.15) is 17.2 Å². The summed E-state index contributed by atoms with van der Waals surface area (Å²) >= 11 is 0. The van der Waals surface area contributed by atoms with Crippen molar-refractivity contribution in [2.24, 2.45) is 11.8 Å². The van der Waals surface area contributed by atoms with Gasteiger partial charge in [-0.05, 0) is 41.8 Å². The zero-order chi connectivity index (χ0) is 20.1. The van der Waals surface area contributed by atoms with Crippen molar-refractivity contribution in [2.45, 2.75) is 12.5 Å². The molecule has 0 bridgehead atoms. The van der Waals surface area contributed by atoms with Crippen LogP contribution in [0.25, 0.3) is 0 Å². The second-order valence-electron chi connectivity index (χ2n) is 6.69. The summed E-state index contributed by atoms with van der Waals surface area (Å²) in [7, 11) is 3.00. The molecular formula is C21H24O7. The molecule has 2 N–H and O–H groups in total. The third kappa shape index (κ3) is 4.21. The molecule has 0 amide bonds. The fourth-order valence-corrected chi connectivity index (χ4v) is 3.41. The van der Waals surface area contributed by atoms with E-state index in [1.54, 1.807) is 30.3 Å². The van der Waals surface area contributed by atoms with Crippen LogP contribution in [0.4, 0.5) is 0 Å². The van der Waals surface area contributed by atoms with Gasteiger partial charge in [0.2, 0.25) is 6.79 Å². The summed E-state index contributed by atoms with van der Waals surface area (Å²) in [5.74, 6) is 0.586. The van der Waals surface area contributed by atoms with Gasteiger partial charge in [-0.1, -0.05) is 12.1 Å². The van der Waals surface area contributed by atoms with Gasteiger partial charge in [0.05, 0.1) is 19.8 Å². The van der Waals surface area contributed by atoms with Gasteiger partial charge in [0.15, 0.2) is 23.0 Å². The first-order chi connectivity index (χ1) is 13.6. The maximum Gasteiger partial charge on any atom is 0.231 e. The Bertz CT molecular complexity index is 820. The second kappa shape index (κ2) is 8.95. The zero-order valence-corrected chi connectivity index (χ0v) is 15.8. The summed E-state index contributed by atoms with van der Waals surface area (Å²) in [5, 5.41) is 20.7. The number of phenolic OH excluding ortho intramolecular Hbond substituents is 1. The molecule has 1 heterocycles. The van der Waals surface area contributed by atoms with E-state index in [1.165, 1.54) is 20.3 Å². The molecule has 3 atom stereocenters. The Balaban J connectivity index is 1.83. The Morgan fingerprint density at radius 2 is 1.93 bits per heavy atom. The van der Waals surface area contributed by atoms with Gasteiger partial charge < -0.3 is 34.0 Å². The van der Waals surface area contributed by atoms with E-state index >= 15 is 0 Å². The molecule has 0 aromatic heterocycles. The van der Waals surface area contributed by atoms with Crippen molar-refractivity contribution < 1.29 is 34.0 Å². The van der Waals surface area contributed by atoms with Crippen LogP contribution >= 0.6 is 0 Å². The van der Waals surface area contributed by atoms with Gasteiger partial charge in [-0.25, -0.2) is 0 Å². The van der Waals surface area contributed by atoms with E-state index < -0.39 is 17.9 Å². The third-order valence-corrected chi connectivity index (χ3v) is 4.94. The fourth-order valence-electron chi connectivity index (χ4n) is 3.41. The molecule has 0 aliphatic carbocycles. The van der Waals surface area contributed by atoms with Crippen molar-refractivity contribution in [1.82, 2.24) is 0 Å². The van der Waals surface area contributed by atoms with Crippen molar-refractivity contribution in [3.05, 3.63) is 47.5 Å². The minimum atomic E-state index is -0.927. The topological polar surface area (TPSA) is 94.5 Å². The number of rotatable bonds is 9. The van der Waals surface area contributed by atoms with Crippen molar-refractivity contribution in [3.63, 3.8) is 0 Å². The molecule has 0 fully saturated rings. The molecule has 1 aliphatic heterocycles. The van der Waals surface area contributed by atoms with E-state index in [4.69, 9.17) is 18.9 Å². The number of carbonyl (C=O) groups excluding carboxylic acids is 1. The van der Waals surface area contributed by atoms with Crippen LogP contribution in [0.5, 0.6) is 23.0 Å². The Hall–Kier alpha value is -2.77. The molecular weight excluding hydrogens is 364 g/mol. The number of phenols is 1. The van der Waals surface area contributed by atoms with Crippen LogP contribution in [0.15, 0.2) is 36.4 Å². The molecule has 150 valence electrons. The minimum Gasteiger partial charge on any atom is -0.504 e. The predicted molar refractivity (Wildman–Crippen MR) is 101 cm³/mol. The smallest absolute Gasteiger partial charge is 0.231 e. The number of aliphatic hydroxyl groups is 1. The van der Waals surface area contributed by atoms with E-state index in [2.05, 4.69) is 0 Å². The summed E-state index contributed by atoms with van der Waals surface area (Å²) in [5.41, 5.74) is 1.44. The Kier molecular flexibility index (Phi) is 6.38. The van der Waals surface area contributed by atoms with Crippen molar-refractivity contribution in [1.29, 1.82) is 0 Å². The summed E-state index contributed by atoms with van der Waals surface area (Å²) in [6, 6.07) is 10.2. The molecule has 28 heavy (non-hydrogen) atoms. The largest absolute Gasteiger partial charge is 0.504 e. The van der Waals surface area contributed by atoms with Crippen LogP contribution < -0.4 is 14.2 Å². The van der Waals surface area contributed by atoms with Gasteiger partial charge in [0.25, 0.3) is 0 Å². The van der Waals surface area contributed by atoms with Crippen LogP contribution in [-0.4, -0.2) is 44.1 Å². The first kappa shape index (κ1) is 20.0. The molecule has 0 radical (unpaired) electrons. The van der Waals surface area contributed by atoms with Crippen molar-refractivity contribution in [3.8, 4) is 23.0 Å². The fraction of sp³-hybridized carbons (Fsp3) is 0.381. The first-order valence-electron chi connectivity index (χ1n) is 8.95. The zero-order valence-electron chi connectivity index (χ0n) is 15.8. The quantitative estimate of drug-likeness (QED) is 0.637. The van der Waals surface area contributed by atoms with Crippen LogP contribution in [0.3, 0.4) is 0 Å². The van der Waals surface area contributed by atoms with E-state index in [0.29, 0.717) is 29.2 Å². The van der Waals surface area contributed by atoms with Crippen LogP contribution in [-0.2, 0) is 16.0 Å². The molecule has 7 nitrogen and oxygen atoms in total. The predicted octanol–water partition coefficient (Wildman–Crippen LogP) is 2.48. The van der Waals surface area contributed by atoms with E-state index in [9.17, 15) is 15.0 Å². The third-order valence-electron chi connectivity index (χ3n) is 4.94. The first-order valence-corrected chi connectivity index (χ1v) is 8.95. The highest BCUT2D eigenvalue weighted by Crippen LogP contribution is 2.38. The molecule has 0 saturated heterocycles. The summed E-state index contributed by atoms with van der Waals surface area (Å²) < 4.78 is 21.1. The summed E-state index contributed by atoms with van der Waals surface area (Å²) in [6.45, 7) is 0.351. The highest BCUT2D eigenvalue weighted by molar-refractivity contribution is 5.56. The number of fused-ring (bicyclic) bond motifs is 1. The van der Waals surface area contributed by atoms with Gasteiger partial charge in [0.1, 0.15) is 6.29 Å². The number of ether oxygens (including phenoxy) is 4. The summed E-state index contributed by atoms with van der Waals surface area (Å²) in [6.07, 6.45) is 0.276. The molecule has 2 aromatic rings. The maximum atomic E-state index is 11.9. The van der Waals surface area contributed by atoms with Gasteiger partial charge >= 0.3 is 0 Å². The van der Waals surface area contributed by atoms with Crippen molar-refractivity contribution >= 4 is 6.29 Å². The highest BCUT2D eigenvalue weighted by Gasteiger charge is 2.31. The van der Waals surface area contributed by atoms with E-state index in [0.717, 1.165) is 11.8 Å². The molecule has 3 unspecified atom stereocenters. The lowest BCUT2D eigenvalue weighted by atomic mass is 9.82. The molecule has 0 saturated carbocycles. The molecule has 0 spiro atoms. The Labute approximate surface area is 163 Å². The molecule has 1 aliphatic rings. The molecule has 3 rings (SSSR count). The Morgan fingerprint density at radius 1 is 1.14 bits per heavy atom. The number of hydrogen-bond acceptors (Lipinski definition) is 7. The number of aldehydes is 1. The van der Waals surface area contributed by atoms with Crippen LogP contribution in [0, 0.1) is 11.8 Å². The number of carbonyl (C=O) groups is 1. The molecule has 2 aromatic carbocycles. The number of hydrogen-bond donors (Lipinski definition) is 2. The van der Waals surface area contributed by atoms with Gasteiger partial charge in [0, 0.05) is 18.9 Å². The highest BCUT2D eigenvalue weighted by atomic mass is 16.7. The minimum absolute atomic E-state index is 0.0303. The number of aliphatic hydroxyl groups excluding tert-OH is 1. The maximum absolute atomic E-state index is 11.9. The summed E-state index contributed by atoms with van der Waals surface area (Å²) in [4.78, 5) is 11.9. The van der Waals surface area contributed by atoms with E-state index in [-0.39, 0.29) is 19.1 Å². The number of methoxy groups -OCH3 is 2. The molecule has 7 heteroatoms. The number of benzene rings is 2. The van der Waals surface area contributed by atoms with Gasteiger partial charge in [-0.15, -0.1) is 0 Å². The normalized spacial score (nSPS) is 15.7. The monoisotopic (exact) mass is 388 g/mol. The average Bonchev–Trinajstić information content (AvgIpc) is 3.19. The lowest BCUT2D eigenvalue weighted by Crippen LogP contribution is -2.29.